The number of methoxy groups -OCH3 is 7. The Kier molecular flexibility index (Phi) is 7.78. The third-order valence-corrected chi connectivity index (χ3v) is 4.42. The van der Waals surface area contributed by atoms with Crippen LogP contribution in [0.1, 0.15) is 20.7 Å². The van der Waals surface area contributed by atoms with E-state index in [0.29, 0.717) is 5.75 Å². The first kappa shape index (κ1) is 23.5. The molecule has 10 nitrogen and oxygen atoms in total. The summed E-state index contributed by atoms with van der Waals surface area (Å²) in [6, 6.07) is 4.44. The van der Waals surface area contributed by atoms with Crippen molar-refractivity contribution in [2.75, 3.05) is 55.1 Å². The second-order valence-electron chi connectivity index (χ2n) is 5.90. The second-order valence-corrected chi connectivity index (χ2v) is 5.90. The number of rotatable bonds is 9. The van der Waals surface area contributed by atoms with Crippen LogP contribution in [0.5, 0.6) is 34.5 Å². The molecule has 0 aliphatic rings. The van der Waals surface area contributed by atoms with Crippen LogP contribution in [0.2, 0.25) is 0 Å². The van der Waals surface area contributed by atoms with Crippen LogP contribution in [-0.2, 0) is 4.74 Å². The molecular formula is C21H25NO9. The number of hydrogen-bond donors (Lipinski definition) is 1. The Morgan fingerprint density at radius 1 is 0.645 bits per heavy atom. The van der Waals surface area contributed by atoms with Crippen molar-refractivity contribution in [2.24, 2.45) is 0 Å². The normalized spacial score (nSPS) is 10.0. The maximum atomic E-state index is 13.2. The zero-order chi connectivity index (χ0) is 23.1. The lowest BCUT2D eigenvalue weighted by Crippen LogP contribution is -2.18. The van der Waals surface area contributed by atoms with Crippen LogP contribution in [0.25, 0.3) is 0 Å². The first-order valence-electron chi connectivity index (χ1n) is 8.93. The van der Waals surface area contributed by atoms with Crippen molar-refractivity contribution < 1.29 is 42.7 Å². The number of amides is 1. The molecule has 0 saturated carbocycles. The van der Waals surface area contributed by atoms with Gasteiger partial charge in [0.15, 0.2) is 23.0 Å². The summed E-state index contributed by atoms with van der Waals surface area (Å²) in [5, 5.41) is 2.67. The highest BCUT2D eigenvalue weighted by Crippen LogP contribution is 2.46. The molecule has 0 heterocycles. The van der Waals surface area contributed by atoms with Gasteiger partial charge in [-0.2, -0.15) is 0 Å². The predicted octanol–water partition coefficient (Wildman–Crippen LogP) is 2.78. The number of anilines is 1. The average molecular weight is 435 g/mol. The van der Waals surface area contributed by atoms with Gasteiger partial charge < -0.3 is 38.5 Å². The number of hydrogen-bond acceptors (Lipinski definition) is 9. The van der Waals surface area contributed by atoms with E-state index in [-0.39, 0.29) is 45.6 Å². The molecule has 1 N–H and O–H groups in total. The molecule has 10 heteroatoms. The number of ether oxygens (including phenoxy) is 7. The minimum atomic E-state index is -0.714. The van der Waals surface area contributed by atoms with Crippen molar-refractivity contribution in [2.45, 2.75) is 0 Å². The molecule has 1 amide bonds. The van der Waals surface area contributed by atoms with E-state index in [4.69, 9.17) is 33.2 Å². The maximum absolute atomic E-state index is 13.2. The lowest BCUT2D eigenvalue weighted by molar-refractivity contribution is 0.0601. The highest BCUT2D eigenvalue weighted by molar-refractivity contribution is 6.11. The summed E-state index contributed by atoms with van der Waals surface area (Å²) >= 11 is 0. The minimum Gasteiger partial charge on any atom is -0.493 e. The zero-order valence-electron chi connectivity index (χ0n) is 18.4. The van der Waals surface area contributed by atoms with Crippen molar-refractivity contribution in [3.05, 3.63) is 29.3 Å². The van der Waals surface area contributed by atoms with Crippen LogP contribution in [0, 0.1) is 0 Å². The summed E-state index contributed by atoms with van der Waals surface area (Å²) in [4.78, 5) is 25.6. The number of esters is 1. The van der Waals surface area contributed by atoms with Crippen LogP contribution in [0.3, 0.4) is 0 Å². The topological polar surface area (TPSA) is 111 Å². The van der Waals surface area contributed by atoms with Crippen LogP contribution in [0.15, 0.2) is 18.2 Å². The maximum Gasteiger partial charge on any atom is 0.340 e. The van der Waals surface area contributed by atoms with Crippen LogP contribution in [-0.4, -0.2) is 61.6 Å². The van der Waals surface area contributed by atoms with E-state index in [9.17, 15) is 9.59 Å². The van der Waals surface area contributed by atoms with Crippen LogP contribution < -0.4 is 33.7 Å². The molecule has 2 rings (SSSR count). The van der Waals surface area contributed by atoms with Gasteiger partial charge in [0.1, 0.15) is 5.69 Å². The van der Waals surface area contributed by atoms with Crippen molar-refractivity contribution in [1.29, 1.82) is 0 Å². The molecule has 0 bridgehead atoms. The lowest BCUT2D eigenvalue weighted by atomic mass is 10.1. The third-order valence-electron chi connectivity index (χ3n) is 4.42. The van der Waals surface area contributed by atoms with Gasteiger partial charge in [0.05, 0.1) is 60.9 Å². The van der Waals surface area contributed by atoms with Crippen molar-refractivity contribution >= 4 is 17.6 Å². The monoisotopic (exact) mass is 435 g/mol. The van der Waals surface area contributed by atoms with E-state index in [2.05, 4.69) is 5.32 Å². The Balaban J connectivity index is 2.68. The fraction of sp³-hybridized carbons (Fsp3) is 0.333. The van der Waals surface area contributed by atoms with E-state index in [0.717, 1.165) is 0 Å². The van der Waals surface area contributed by atoms with Gasteiger partial charge >= 0.3 is 5.97 Å². The molecule has 0 aromatic heterocycles. The van der Waals surface area contributed by atoms with Crippen molar-refractivity contribution in [3.63, 3.8) is 0 Å². The Morgan fingerprint density at radius 2 is 1.19 bits per heavy atom. The Labute approximate surface area is 179 Å². The summed E-state index contributed by atoms with van der Waals surface area (Å²) < 4.78 is 36.8. The van der Waals surface area contributed by atoms with Gasteiger partial charge in [0.2, 0.25) is 11.5 Å². The van der Waals surface area contributed by atoms with E-state index < -0.39 is 11.9 Å². The first-order chi connectivity index (χ1) is 14.9. The summed E-state index contributed by atoms with van der Waals surface area (Å²) in [5.41, 5.74) is 0.173. The Bertz CT molecular complexity index is 972. The van der Waals surface area contributed by atoms with Gasteiger partial charge in [-0.05, 0) is 12.1 Å². The molecule has 0 spiro atoms. The van der Waals surface area contributed by atoms with Gasteiger partial charge in [-0.15, -0.1) is 0 Å². The quantitative estimate of drug-likeness (QED) is 0.594. The van der Waals surface area contributed by atoms with Crippen molar-refractivity contribution in [1.82, 2.24) is 0 Å². The zero-order valence-corrected chi connectivity index (χ0v) is 18.4. The lowest BCUT2D eigenvalue weighted by Gasteiger charge is -2.20. The molecule has 0 aliphatic heterocycles. The first-order valence-corrected chi connectivity index (χ1v) is 8.93. The predicted molar refractivity (Wildman–Crippen MR) is 111 cm³/mol. The molecule has 31 heavy (non-hydrogen) atoms. The minimum absolute atomic E-state index is 0.00444. The van der Waals surface area contributed by atoms with Gasteiger partial charge in [-0.25, -0.2) is 4.79 Å². The van der Waals surface area contributed by atoms with Gasteiger partial charge in [-0.1, -0.05) is 0 Å². The SMILES string of the molecule is COC(=O)c1cc(OC)c(OC)c(OC)c1NC(=O)c1ccc(OC)c(OC)c1OC. The molecule has 0 aliphatic carbocycles. The number of carbonyl (C=O) groups excluding carboxylic acids is 2. The summed E-state index contributed by atoms with van der Waals surface area (Å²) in [6.07, 6.45) is 0. The largest absolute Gasteiger partial charge is 0.493 e. The number of benzene rings is 2. The third kappa shape index (κ3) is 4.37. The van der Waals surface area contributed by atoms with Gasteiger partial charge in [0.25, 0.3) is 5.91 Å². The van der Waals surface area contributed by atoms with E-state index >= 15 is 0 Å². The molecule has 2 aromatic carbocycles. The molecule has 2 aromatic rings. The fourth-order valence-corrected chi connectivity index (χ4v) is 3.01. The standard InChI is InChI=1S/C21H25NO9/c1-25-13-9-8-11(16(27-3)17(13)28-4)20(23)22-15-12(21(24)31-7)10-14(26-2)18(29-5)19(15)30-6/h8-10H,1-7H3,(H,22,23). The number of nitrogens with one attached hydrogen (secondary N) is 1. The fourth-order valence-electron chi connectivity index (χ4n) is 3.01. The molecular weight excluding hydrogens is 410 g/mol. The molecule has 0 atom stereocenters. The molecule has 0 saturated heterocycles. The Morgan fingerprint density at radius 3 is 1.68 bits per heavy atom. The smallest absolute Gasteiger partial charge is 0.340 e. The van der Waals surface area contributed by atoms with Crippen LogP contribution in [0.4, 0.5) is 5.69 Å². The van der Waals surface area contributed by atoms with Crippen molar-refractivity contribution in [3.8, 4) is 34.5 Å². The van der Waals surface area contributed by atoms with Crippen LogP contribution >= 0.6 is 0 Å². The highest BCUT2D eigenvalue weighted by Gasteiger charge is 2.28. The summed E-state index contributed by atoms with van der Waals surface area (Å²) in [7, 11) is 9.68. The van der Waals surface area contributed by atoms with E-state index in [1.165, 1.54) is 61.9 Å². The molecule has 168 valence electrons. The average Bonchev–Trinajstić information content (AvgIpc) is 2.81. The second kappa shape index (κ2) is 10.3. The summed E-state index contributed by atoms with van der Waals surface area (Å²) in [6.45, 7) is 0. The van der Waals surface area contributed by atoms with Gasteiger partial charge in [-0.3, -0.25) is 4.79 Å². The van der Waals surface area contributed by atoms with E-state index in [1.54, 1.807) is 6.07 Å². The Hall–Kier alpha value is -3.82. The van der Waals surface area contributed by atoms with Gasteiger partial charge in [0, 0.05) is 6.07 Å². The molecule has 0 unspecified atom stereocenters. The molecule has 0 radical (unpaired) electrons. The van der Waals surface area contributed by atoms with E-state index in [1.807, 2.05) is 0 Å². The summed E-state index contributed by atoms with van der Waals surface area (Å²) in [5.74, 6) is -0.0515. The highest BCUT2D eigenvalue weighted by atomic mass is 16.5. The molecule has 0 fully saturated rings. The number of carbonyl (C=O) groups is 2.